The smallest absolute Gasteiger partial charge is 0.232 e. The Kier molecular flexibility index (Phi) is 7.17. The molecular weight excluding hydrogens is 408 g/mol. The third kappa shape index (κ3) is 5.74. The lowest BCUT2D eigenvalue weighted by Gasteiger charge is -2.17. The lowest BCUT2D eigenvalue weighted by molar-refractivity contribution is -0.127. The molecule has 0 bridgehead atoms. The topological polar surface area (TPSA) is 60.2 Å². The molecule has 29 heavy (non-hydrogen) atoms. The predicted molar refractivity (Wildman–Crippen MR) is 116 cm³/mol. The zero-order chi connectivity index (χ0) is 20.8. The van der Waals surface area contributed by atoms with E-state index in [0.29, 0.717) is 23.3 Å². The van der Waals surface area contributed by atoms with E-state index in [0.717, 1.165) is 17.3 Å². The fraction of sp³-hybridized carbons (Fsp3) is 0.286. The van der Waals surface area contributed by atoms with Gasteiger partial charge in [-0.3, -0.25) is 9.36 Å². The van der Waals surface area contributed by atoms with Crippen molar-refractivity contribution in [2.75, 3.05) is 26.0 Å². The molecule has 0 saturated heterocycles. The molecule has 152 valence electrons. The number of aryl methyl sites for hydroxylation is 2. The van der Waals surface area contributed by atoms with Gasteiger partial charge in [0.25, 0.3) is 0 Å². The van der Waals surface area contributed by atoms with Crippen LogP contribution in [0.15, 0.2) is 53.7 Å². The summed E-state index contributed by atoms with van der Waals surface area (Å²) in [4.78, 5) is 14.1. The quantitative estimate of drug-likeness (QED) is 0.502. The number of hydrogen-bond acceptors (Lipinski definition) is 5. The molecule has 3 rings (SSSR count). The van der Waals surface area contributed by atoms with Gasteiger partial charge in [0, 0.05) is 17.8 Å². The van der Waals surface area contributed by atoms with Gasteiger partial charge in [-0.1, -0.05) is 41.1 Å². The maximum absolute atomic E-state index is 12.5. The van der Waals surface area contributed by atoms with Crippen LogP contribution in [-0.2, 0) is 4.79 Å². The molecule has 1 aromatic heterocycles. The highest BCUT2D eigenvalue weighted by molar-refractivity contribution is 7.99. The van der Waals surface area contributed by atoms with Gasteiger partial charge in [-0.05, 0) is 50.2 Å². The van der Waals surface area contributed by atoms with E-state index in [1.165, 1.54) is 17.3 Å². The van der Waals surface area contributed by atoms with E-state index in [1.807, 2.05) is 42.7 Å². The SMILES string of the molecule is Cc1ccc(-n2c(C)nnc2SCC(=O)N(C)CCOc2ccc(Cl)cc2)cc1. The van der Waals surface area contributed by atoms with Gasteiger partial charge in [-0.25, -0.2) is 0 Å². The number of thioether (sulfide) groups is 1. The maximum atomic E-state index is 12.5. The van der Waals surface area contributed by atoms with Crippen molar-refractivity contribution in [3.05, 3.63) is 64.9 Å². The van der Waals surface area contributed by atoms with Crippen LogP contribution in [0.1, 0.15) is 11.4 Å². The van der Waals surface area contributed by atoms with Crippen molar-refractivity contribution in [3.8, 4) is 11.4 Å². The molecule has 0 unspecified atom stereocenters. The van der Waals surface area contributed by atoms with E-state index in [-0.39, 0.29) is 11.7 Å². The fourth-order valence-corrected chi connectivity index (χ4v) is 3.68. The Bertz CT molecular complexity index is 958. The van der Waals surface area contributed by atoms with Crippen LogP contribution in [0.4, 0.5) is 0 Å². The van der Waals surface area contributed by atoms with Gasteiger partial charge in [0.1, 0.15) is 18.2 Å². The van der Waals surface area contributed by atoms with Crippen LogP contribution >= 0.6 is 23.4 Å². The van der Waals surface area contributed by atoms with Gasteiger partial charge < -0.3 is 9.64 Å². The molecule has 1 amide bonds. The standard InChI is InChI=1S/C21H23ClN4O2S/c1-15-4-8-18(9-5-15)26-16(2)23-24-21(26)29-14-20(27)25(3)12-13-28-19-10-6-17(22)7-11-19/h4-11H,12-14H2,1-3H3. The van der Waals surface area contributed by atoms with Crippen LogP contribution in [-0.4, -0.2) is 51.5 Å². The number of nitrogens with zero attached hydrogens (tertiary/aromatic N) is 4. The molecule has 0 radical (unpaired) electrons. The second kappa shape index (κ2) is 9.80. The average Bonchev–Trinajstić information content (AvgIpc) is 3.08. The highest BCUT2D eigenvalue weighted by atomic mass is 35.5. The second-order valence-electron chi connectivity index (χ2n) is 6.61. The highest BCUT2D eigenvalue weighted by Gasteiger charge is 2.15. The first-order chi connectivity index (χ1) is 13.9. The summed E-state index contributed by atoms with van der Waals surface area (Å²) in [6, 6.07) is 15.3. The van der Waals surface area contributed by atoms with Gasteiger partial charge in [0.15, 0.2) is 5.16 Å². The van der Waals surface area contributed by atoms with Crippen molar-refractivity contribution >= 4 is 29.3 Å². The molecule has 8 heteroatoms. The van der Waals surface area contributed by atoms with Crippen molar-refractivity contribution in [3.63, 3.8) is 0 Å². The number of carbonyl (C=O) groups is 1. The normalized spacial score (nSPS) is 10.8. The van der Waals surface area contributed by atoms with E-state index in [9.17, 15) is 4.79 Å². The van der Waals surface area contributed by atoms with Crippen molar-refractivity contribution < 1.29 is 9.53 Å². The Morgan fingerprint density at radius 3 is 2.48 bits per heavy atom. The fourth-order valence-electron chi connectivity index (χ4n) is 2.62. The summed E-state index contributed by atoms with van der Waals surface area (Å²) in [5.74, 6) is 1.80. The van der Waals surface area contributed by atoms with Crippen molar-refractivity contribution in [1.82, 2.24) is 19.7 Å². The third-order valence-electron chi connectivity index (χ3n) is 4.35. The molecular formula is C21H23ClN4O2S. The lowest BCUT2D eigenvalue weighted by atomic mass is 10.2. The van der Waals surface area contributed by atoms with Gasteiger partial charge in [0.2, 0.25) is 5.91 Å². The van der Waals surface area contributed by atoms with Crippen LogP contribution in [0.5, 0.6) is 5.75 Å². The van der Waals surface area contributed by atoms with Gasteiger partial charge in [-0.2, -0.15) is 0 Å². The molecule has 3 aromatic rings. The van der Waals surface area contributed by atoms with Crippen LogP contribution in [0.25, 0.3) is 5.69 Å². The zero-order valence-electron chi connectivity index (χ0n) is 16.6. The largest absolute Gasteiger partial charge is 0.492 e. The summed E-state index contributed by atoms with van der Waals surface area (Å²) in [7, 11) is 1.77. The molecule has 0 spiro atoms. The van der Waals surface area contributed by atoms with E-state index in [4.69, 9.17) is 16.3 Å². The van der Waals surface area contributed by atoms with Crippen LogP contribution in [0, 0.1) is 13.8 Å². The van der Waals surface area contributed by atoms with Gasteiger partial charge >= 0.3 is 0 Å². The monoisotopic (exact) mass is 430 g/mol. The number of likely N-dealkylation sites (N-methyl/N-ethyl adjacent to an activating group) is 1. The maximum Gasteiger partial charge on any atom is 0.232 e. The minimum absolute atomic E-state index is 0.00538. The summed E-state index contributed by atoms with van der Waals surface area (Å²) >= 11 is 7.24. The van der Waals surface area contributed by atoms with E-state index in [1.54, 1.807) is 36.2 Å². The Morgan fingerprint density at radius 2 is 1.79 bits per heavy atom. The Hall–Kier alpha value is -2.51. The van der Waals surface area contributed by atoms with E-state index >= 15 is 0 Å². The third-order valence-corrected chi connectivity index (χ3v) is 5.51. The molecule has 0 fully saturated rings. The minimum Gasteiger partial charge on any atom is -0.492 e. The number of ether oxygens (including phenoxy) is 1. The first-order valence-corrected chi connectivity index (χ1v) is 10.5. The molecule has 0 aliphatic carbocycles. The average molecular weight is 431 g/mol. The molecule has 6 nitrogen and oxygen atoms in total. The molecule has 0 N–H and O–H groups in total. The Labute approximate surface area is 179 Å². The van der Waals surface area contributed by atoms with E-state index in [2.05, 4.69) is 10.2 Å². The summed E-state index contributed by atoms with van der Waals surface area (Å²) in [5.41, 5.74) is 2.17. The number of hydrogen-bond donors (Lipinski definition) is 0. The molecule has 0 saturated carbocycles. The molecule has 0 aliphatic rings. The molecule has 0 atom stereocenters. The van der Waals surface area contributed by atoms with Crippen molar-refractivity contribution in [2.24, 2.45) is 0 Å². The Balaban J connectivity index is 1.52. The number of benzene rings is 2. The number of rotatable bonds is 8. The number of amides is 1. The lowest BCUT2D eigenvalue weighted by Crippen LogP contribution is -2.32. The van der Waals surface area contributed by atoms with E-state index < -0.39 is 0 Å². The van der Waals surface area contributed by atoms with Gasteiger partial charge in [-0.15, -0.1) is 10.2 Å². The number of carbonyl (C=O) groups excluding carboxylic acids is 1. The number of aromatic nitrogens is 3. The first-order valence-electron chi connectivity index (χ1n) is 9.18. The number of halogens is 1. The summed E-state index contributed by atoms with van der Waals surface area (Å²) in [6.45, 7) is 4.85. The van der Waals surface area contributed by atoms with Crippen molar-refractivity contribution in [1.29, 1.82) is 0 Å². The first kappa shape index (κ1) is 21.2. The summed E-state index contributed by atoms with van der Waals surface area (Å²) < 4.78 is 7.61. The highest BCUT2D eigenvalue weighted by Crippen LogP contribution is 2.22. The minimum atomic E-state index is 0.00538. The van der Waals surface area contributed by atoms with Crippen LogP contribution in [0.3, 0.4) is 0 Å². The molecule has 0 aliphatic heterocycles. The summed E-state index contributed by atoms with van der Waals surface area (Å²) in [5, 5.41) is 9.75. The zero-order valence-corrected chi connectivity index (χ0v) is 18.2. The molecule has 1 heterocycles. The van der Waals surface area contributed by atoms with Crippen LogP contribution in [0.2, 0.25) is 5.02 Å². The molecule has 2 aromatic carbocycles. The summed E-state index contributed by atoms with van der Waals surface area (Å²) in [6.07, 6.45) is 0. The predicted octanol–water partition coefficient (Wildman–Crippen LogP) is 4.17. The Morgan fingerprint density at radius 1 is 1.10 bits per heavy atom. The van der Waals surface area contributed by atoms with Gasteiger partial charge in [0.05, 0.1) is 12.3 Å². The van der Waals surface area contributed by atoms with Crippen LogP contribution < -0.4 is 4.74 Å². The second-order valence-corrected chi connectivity index (χ2v) is 7.99. The van der Waals surface area contributed by atoms with Crippen molar-refractivity contribution in [2.45, 2.75) is 19.0 Å².